The molecule has 0 spiro atoms. The number of amides is 2. The van der Waals surface area contributed by atoms with Crippen molar-refractivity contribution in [3.8, 4) is 0 Å². The summed E-state index contributed by atoms with van der Waals surface area (Å²) < 4.78 is 27.1. The van der Waals surface area contributed by atoms with Crippen LogP contribution in [0.3, 0.4) is 0 Å². The third kappa shape index (κ3) is 4.19. The molecule has 34 heavy (non-hydrogen) atoms. The van der Waals surface area contributed by atoms with Crippen molar-refractivity contribution in [1.29, 1.82) is 0 Å². The number of nitrogens with zero attached hydrogens (tertiary/aromatic N) is 3. The minimum atomic E-state index is -1.03. The van der Waals surface area contributed by atoms with Crippen LogP contribution in [0.5, 0.6) is 0 Å². The van der Waals surface area contributed by atoms with Crippen LogP contribution < -0.4 is 5.32 Å². The minimum absolute atomic E-state index is 0.173. The van der Waals surface area contributed by atoms with E-state index < -0.39 is 23.6 Å². The Morgan fingerprint density at radius 1 is 1.03 bits per heavy atom. The average Bonchev–Trinajstić information content (AvgIpc) is 2.84. The summed E-state index contributed by atoms with van der Waals surface area (Å²) in [5, 5.41) is 12.6. The number of hydrogen-bond acceptors (Lipinski definition) is 4. The first kappa shape index (κ1) is 22.2. The van der Waals surface area contributed by atoms with E-state index >= 15 is 0 Å². The fraction of sp³-hybridized carbons (Fsp3) is 0.320. The van der Waals surface area contributed by atoms with Gasteiger partial charge in [0.1, 0.15) is 0 Å². The number of carbonyl (C=O) groups is 2. The number of para-hydroxylation sites is 1. The van der Waals surface area contributed by atoms with Gasteiger partial charge in [0.25, 0.3) is 5.91 Å². The van der Waals surface area contributed by atoms with E-state index in [2.05, 4.69) is 10.2 Å². The molecule has 0 atom stereocenters. The van der Waals surface area contributed by atoms with Crippen molar-refractivity contribution in [1.82, 2.24) is 14.8 Å². The van der Waals surface area contributed by atoms with Gasteiger partial charge in [0.2, 0.25) is 0 Å². The lowest BCUT2D eigenvalue weighted by molar-refractivity contribution is 0.0871. The lowest BCUT2D eigenvalue weighted by Gasteiger charge is -2.40. The first-order valence-corrected chi connectivity index (χ1v) is 11.3. The van der Waals surface area contributed by atoms with Crippen molar-refractivity contribution in [2.75, 3.05) is 25.0 Å². The van der Waals surface area contributed by atoms with Crippen molar-refractivity contribution >= 4 is 28.6 Å². The van der Waals surface area contributed by atoms with Crippen LogP contribution in [0.25, 0.3) is 10.9 Å². The molecule has 7 nitrogen and oxygen atoms in total. The topological polar surface area (TPSA) is 85.8 Å². The Morgan fingerprint density at radius 3 is 2.53 bits per heavy atom. The van der Waals surface area contributed by atoms with E-state index in [1.807, 2.05) is 24.3 Å². The Bertz CT molecular complexity index is 1270. The molecule has 2 aliphatic heterocycles. The second-order valence-corrected chi connectivity index (χ2v) is 8.73. The zero-order valence-electron chi connectivity index (χ0n) is 18.4. The van der Waals surface area contributed by atoms with Crippen LogP contribution >= 0.6 is 0 Å². The first-order chi connectivity index (χ1) is 16.4. The number of hydrogen-bond donors (Lipinski definition) is 2. The standard InChI is InChI=1S/C25H24F2N4O3/c26-19-6-5-15(13-20(19)27)28-24(32)23-17-3-1-2-4-21(17)29-22-9-12-31(14-18(22)23)16-7-10-30(11-8-16)25(33)34/h1-6,13,16H,7-12,14H2,(H,28,32)(H,33,34). The number of likely N-dealkylation sites (tertiary alicyclic amines) is 1. The van der Waals surface area contributed by atoms with Gasteiger partial charge >= 0.3 is 6.09 Å². The maximum atomic E-state index is 13.7. The zero-order valence-corrected chi connectivity index (χ0v) is 18.4. The van der Waals surface area contributed by atoms with Gasteiger partial charge in [0, 0.05) is 67.0 Å². The van der Waals surface area contributed by atoms with Gasteiger partial charge in [0.15, 0.2) is 11.6 Å². The first-order valence-electron chi connectivity index (χ1n) is 11.3. The molecule has 2 amide bonds. The van der Waals surface area contributed by atoms with Crippen LogP contribution in [-0.2, 0) is 13.0 Å². The van der Waals surface area contributed by atoms with Crippen LogP contribution in [0.1, 0.15) is 34.5 Å². The van der Waals surface area contributed by atoms with Gasteiger partial charge < -0.3 is 15.3 Å². The van der Waals surface area contributed by atoms with E-state index in [-0.39, 0.29) is 11.7 Å². The minimum Gasteiger partial charge on any atom is -0.465 e. The summed E-state index contributed by atoms with van der Waals surface area (Å²) in [7, 11) is 0. The lowest BCUT2D eigenvalue weighted by Crippen LogP contribution is -2.48. The number of fused-ring (bicyclic) bond motifs is 2. The number of carboxylic acid groups (broad SMARTS) is 1. The summed E-state index contributed by atoms with van der Waals surface area (Å²) in [6, 6.07) is 10.9. The predicted octanol–water partition coefficient (Wildman–Crippen LogP) is 4.27. The Labute approximate surface area is 195 Å². The van der Waals surface area contributed by atoms with Crippen LogP contribution in [0, 0.1) is 11.6 Å². The molecule has 5 rings (SSSR count). The summed E-state index contributed by atoms with van der Waals surface area (Å²) in [5.41, 5.74) is 3.05. The highest BCUT2D eigenvalue weighted by molar-refractivity contribution is 6.13. The molecule has 1 saturated heterocycles. The smallest absolute Gasteiger partial charge is 0.407 e. The SMILES string of the molecule is O=C(Nc1ccc(F)c(F)c1)c1c2c(nc3ccccc13)CCN(C1CCN(C(=O)O)CC1)C2. The maximum absolute atomic E-state index is 13.7. The Kier molecular flexibility index (Phi) is 5.87. The van der Waals surface area contributed by atoms with Gasteiger partial charge in [-0.2, -0.15) is 0 Å². The molecule has 0 bridgehead atoms. The van der Waals surface area contributed by atoms with Crippen molar-refractivity contribution in [3.05, 3.63) is 70.9 Å². The fourth-order valence-corrected chi connectivity index (χ4v) is 4.97. The second-order valence-electron chi connectivity index (χ2n) is 8.73. The van der Waals surface area contributed by atoms with Crippen LogP contribution in [0.2, 0.25) is 0 Å². The molecule has 0 aliphatic carbocycles. The monoisotopic (exact) mass is 466 g/mol. The number of rotatable bonds is 3. The highest BCUT2D eigenvalue weighted by Crippen LogP contribution is 2.31. The Morgan fingerprint density at radius 2 is 1.79 bits per heavy atom. The van der Waals surface area contributed by atoms with Gasteiger partial charge in [0.05, 0.1) is 11.1 Å². The molecule has 176 valence electrons. The average molecular weight is 466 g/mol. The molecule has 0 radical (unpaired) electrons. The highest BCUT2D eigenvalue weighted by Gasteiger charge is 2.32. The summed E-state index contributed by atoms with van der Waals surface area (Å²) in [6.07, 6.45) is 1.25. The number of carbonyl (C=O) groups excluding carboxylic acids is 1. The molecule has 2 aromatic carbocycles. The van der Waals surface area contributed by atoms with Crippen molar-refractivity contribution in [3.63, 3.8) is 0 Å². The summed E-state index contributed by atoms with van der Waals surface area (Å²) in [6.45, 7) is 2.28. The number of aromatic nitrogens is 1. The van der Waals surface area contributed by atoms with E-state index in [4.69, 9.17) is 4.98 Å². The van der Waals surface area contributed by atoms with Crippen LogP contribution in [0.4, 0.5) is 19.3 Å². The molecule has 3 aromatic rings. The van der Waals surface area contributed by atoms with Crippen molar-refractivity contribution in [2.24, 2.45) is 0 Å². The molecule has 3 heterocycles. The van der Waals surface area contributed by atoms with Crippen LogP contribution in [-0.4, -0.2) is 57.6 Å². The van der Waals surface area contributed by atoms with E-state index in [0.717, 1.165) is 42.8 Å². The zero-order chi connectivity index (χ0) is 23.8. The van der Waals surface area contributed by atoms with Gasteiger partial charge in [-0.1, -0.05) is 18.2 Å². The number of nitrogens with one attached hydrogen (secondary N) is 1. The lowest BCUT2D eigenvalue weighted by atomic mass is 9.92. The molecule has 1 fully saturated rings. The van der Waals surface area contributed by atoms with E-state index in [0.29, 0.717) is 42.5 Å². The van der Waals surface area contributed by atoms with E-state index in [9.17, 15) is 23.5 Å². The molecular formula is C25H24F2N4O3. The van der Waals surface area contributed by atoms with Crippen molar-refractivity contribution in [2.45, 2.75) is 31.8 Å². The number of anilines is 1. The second kappa shape index (κ2) is 8.98. The summed E-state index contributed by atoms with van der Waals surface area (Å²) in [4.78, 5) is 33.2. The van der Waals surface area contributed by atoms with Gasteiger partial charge in [-0.25, -0.2) is 13.6 Å². The molecule has 2 N–H and O–H groups in total. The molecule has 1 aromatic heterocycles. The molecule has 2 aliphatic rings. The third-order valence-electron chi connectivity index (χ3n) is 6.73. The van der Waals surface area contributed by atoms with Gasteiger partial charge in [-0.05, 0) is 31.0 Å². The van der Waals surface area contributed by atoms with Crippen LogP contribution in [0.15, 0.2) is 42.5 Å². The highest BCUT2D eigenvalue weighted by atomic mass is 19.2. The molecule has 0 saturated carbocycles. The molecular weight excluding hydrogens is 442 g/mol. The molecule has 0 unspecified atom stereocenters. The van der Waals surface area contributed by atoms with E-state index in [1.165, 1.54) is 11.0 Å². The Balaban J connectivity index is 1.47. The van der Waals surface area contributed by atoms with Gasteiger partial charge in [-0.15, -0.1) is 0 Å². The fourth-order valence-electron chi connectivity index (χ4n) is 4.97. The number of pyridine rings is 1. The number of benzene rings is 2. The normalized spacial score (nSPS) is 16.9. The van der Waals surface area contributed by atoms with Gasteiger partial charge in [-0.3, -0.25) is 14.7 Å². The number of piperidine rings is 1. The molecule has 9 heteroatoms. The third-order valence-corrected chi connectivity index (χ3v) is 6.73. The Hall–Kier alpha value is -3.59. The van der Waals surface area contributed by atoms with E-state index in [1.54, 1.807) is 0 Å². The quantitative estimate of drug-likeness (QED) is 0.602. The largest absolute Gasteiger partial charge is 0.465 e. The predicted molar refractivity (Wildman–Crippen MR) is 123 cm³/mol. The number of halogens is 2. The summed E-state index contributed by atoms with van der Waals surface area (Å²) >= 11 is 0. The van der Waals surface area contributed by atoms with Crippen molar-refractivity contribution < 1.29 is 23.5 Å². The summed E-state index contributed by atoms with van der Waals surface area (Å²) in [5.74, 6) is -2.41. The maximum Gasteiger partial charge on any atom is 0.407 e.